The van der Waals surface area contributed by atoms with Crippen molar-refractivity contribution in [2.24, 2.45) is 17.8 Å². The smallest absolute Gasteiger partial charge is 0.338 e. The van der Waals surface area contributed by atoms with Gasteiger partial charge in [-0.25, -0.2) is 18.4 Å². The molecule has 3 unspecified atom stereocenters. The molecule has 6 nitrogen and oxygen atoms in total. The first-order chi connectivity index (χ1) is 15.7. The number of carbonyl (C=O) groups is 3. The van der Waals surface area contributed by atoms with Crippen molar-refractivity contribution in [3.05, 3.63) is 65.2 Å². The Morgan fingerprint density at radius 2 is 1.64 bits per heavy atom. The third-order valence-electron chi connectivity index (χ3n) is 6.02. The van der Waals surface area contributed by atoms with E-state index in [4.69, 9.17) is 4.74 Å². The van der Waals surface area contributed by atoms with Crippen LogP contribution in [0.2, 0.25) is 0 Å². The highest BCUT2D eigenvalue weighted by atomic mass is 19.1. The molecule has 3 rings (SSSR count). The zero-order valence-electron chi connectivity index (χ0n) is 18.9. The molecule has 3 amide bonds. The van der Waals surface area contributed by atoms with Gasteiger partial charge in [0.1, 0.15) is 23.3 Å². The minimum atomic E-state index is -1.20. The normalized spacial score (nSPS) is 20.2. The standard InChI is InChI=1S/C25H28F2N2O4/c1-14(2)18-12-7-15(3)13-21(18)33-24(31)16-8-10-17(11-9-16)28-25(32)29-23(30)22-19(26)5-4-6-20(22)27/h4-6,8-11,14-15,18,21H,7,12-13H2,1-3H3,(H2,28,29,30,32). The van der Waals surface area contributed by atoms with Gasteiger partial charge < -0.3 is 10.1 Å². The largest absolute Gasteiger partial charge is 0.458 e. The second-order valence-corrected chi connectivity index (χ2v) is 8.85. The maximum atomic E-state index is 13.7. The Morgan fingerprint density at radius 3 is 2.24 bits per heavy atom. The molecular weight excluding hydrogens is 430 g/mol. The van der Waals surface area contributed by atoms with Crippen molar-refractivity contribution >= 4 is 23.6 Å². The van der Waals surface area contributed by atoms with E-state index in [9.17, 15) is 23.2 Å². The van der Waals surface area contributed by atoms with E-state index in [1.54, 1.807) is 0 Å². The number of rotatable bonds is 5. The molecule has 0 heterocycles. The van der Waals surface area contributed by atoms with Crippen LogP contribution < -0.4 is 10.6 Å². The summed E-state index contributed by atoms with van der Waals surface area (Å²) in [6, 6.07) is 7.97. The molecule has 176 valence electrons. The molecule has 8 heteroatoms. The predicted molar refractivity (Wildman–Crippen MR) is 120 cm³/mol. The van der Waals surface area contributed by atoms with Crippen LogP contribution in [0.5, 0.6) is 0 Å². The molecule has 1 aliphatic rings. The second kappa shape index (κ2) is 10.6. The van der Waals surface area contributed by atoms with Crippen LogP contribution in [-0.2, 0) is 4.74 Å². The third-order valence-corrected chi connectivity index (χ3v) is 6.02. The number of benzene rings is 2. The van der Waals surface area contributed by atoms with E-state index in [-0.39, 0.29) is 11.8 Å². The highest BCUT2D eigenvalue weighted by molar-refractivity contribution is 6.08. The summed E-state index contributed by atoms with van der Waals surface area (Å²) in [5.74, 6) is -2.54. The summed E-state index contributed by atoms with van der Waals surface area (Å²) in [6.07, 6.45) is 2.87. The first-order valence-electron chi connectivity index (χ1n) is 11.0. The summed E-state index contributed by atoms with van der Waals surface area (Å²) in [5.41, 5.74) is -0.217. The Kier molecular flexibility index (Phi) is 7.79. The molecule has 2 N–H and O–H groups in total. The fraction of sp³-hybridized carbons (Fsp3) is 0.400. The summed E-state index contributed by atoms with van der Waals surface area (Å²) < 4.78 is 33.2. The number of ether oxygens (including phenoxy) is 1. The minimum absolute atomic E-state index is 0.130. The Balaban J connectivity index is 1.58. The van der Waals surface area contributed by atoms with Gasteiger partial charge in [0, 0.05) is 5.69 Å². The number of hydrogen-bond donors (Lipinski definition) is 2. The van der Waals surface area contributed by atoms with E-state index in [2.05, 4.69) is 26.1 Å². The van der Waals surface area contributed by atoms with Gasteiger partial charge in [0.25, 0.3) is 5.91 Å². The summed E-state index contributed by atoms with van der Waals surface area (Å²) >= 11 is 0. The monoisotopic (exact) mass is 458 g/mol. The lowest BCUT2D eigenvalue weighted by atomic mass is 9.75. The quantitative estimate of drug-likeness (QED) is 0.576. The number of carbonyl (C=O) groups excluding carboxylic acids is 3. The Bertz CT molecular complexity index is 1000. The van der Waals surface area contributed by atoms with Crippen LogP contribution in [0.25, 0.3) is 0 Å². The molecule has 33 heavy (non-hydrogen) atoms. The van der Waals surface area contributed by atoms with E-state index in [1.807, 2.05) is 5.32 Å². The van der Waals surface area contributed by atoms with Crippen molar-refractivity contribution in [3.8, 4) is 0 Å². The minimum Gasteiger partial charge on any atom is -0.458 e. The fourth-order valence-electron chi connectivity index (χ4n) is 4.19. The van der Waals surface area contributed by atoms with E-state index < -0.39 is 35.1 Å². The van der Waals surface area contributed by atoms with Crippen LogP contribution in [0.15, 0.2) is 42.5 Å². The molecule has 1 aliphatic carbocycles. The van der Waals surface area contributed by atoms with Gasteiger partial charge in [-0.1, -0.05) is 33.3 Å². The Morgan fingerprint density at radius 1 is 1.00 bits per heavy atom. The number of nitrogens with one attached hydrogen (secondary N) is 2. The summed E-state index contributed by atoms with van der Waals surface area (Å²) in [4.78, 5) is 36.7. The maximum absolute atomic E-state index is 13.7. The SMILES string of the molecule is CC1CCC(C(C)C)C(OC(=O)c2ccc(NC(=O)NC(=O)c3c(F)cccc3F)cc2)C1. The number of anilines is 1. The number of imide groups is 1. The molecule has 0 saturated heterocycles. The van der Waals surface area contributed by atoms with Gasteiger partial charge in [0.2, 0.25) is 0 Å². The number of halogens is 2. The molecule has 0 aliphatic heterocycles. The van der Waals surface area contributed by atoms with Crippen LogP contribution in [0.1, 0.15) is 60.7 Å². The highest BCUT2D eigenvalue weighted by Crippen LogP contribution is 2.35. The van der Waals surface area contributed by atoms with Gasteiger partial charge >= 0.3 is 12.0 Å². The Hall–Kier alpha value is -3.29. The fourth-order valence-corrected chi connectivity index (χ4v) is 4.19. The third kappa shape index (κ3) is 6.15. The number of amides is 3. The molecule has 2 aromatic carbocycles. The lowest BCUT2D eigenvalue weighted by Gasteiger charge is -2.36. The van der Waals surface area contributed by atoms with Crippen molar-refractivity contribution in [2.75, 3.05) is 5.32 Å². The summed E-state index contributed by atoms with van der Waals surface area (Å²) in [5, 5.41) is 4.27. The summed E-state index contributed by atoms with van der Waals surface area (Å²) in [6.45, 7) is 6.44. The first kappa shape index (κ1) is 24.4. The molecule has 1 fully saturated rings. The molecule has 0 aromatic heterocycles. The van der Waals surface area contributed by atoms with Crippen LogP contribution in [0.3, 0.4) is 0 Å². The zero-order valence-corrected chi connectivity index (χ0v) is 18.9. The molecular formula is C25H28F2N2O4. The molecule has 3 atom stereocenters. The predicted octanol–water partition coefficient (Wildman–Crippen LogP) is 5.54. The van der Waals surface area contributed by atoms with Gasteiger partial charge in [-0.3, -0.25) is 10.1 Å². The lowest BCUT2D eigenvalue weighted by Crippen LogP contribution is -2.36. The van der Waals surface area contributed by atoms with E-state index in [0.717, 1.165) is 37.5 Å². The van der Waals surface area contributed by atoms with Gasteiger partial charge in [0.15, 0.2) is 0 Å². The van der Waals surface area contributed by atoms with Crippen molar-refractivity contribution in [1.29, 1.82) is 0 Å². The average Bonchev–Trinajstić information content (AvgIpc) is 2.73. The first-order valence-corrected chi connectivity index (χ1v) is 11.0. The molecule has 0 spiro atoms. The average molecular weight is 459 g/mol. The number of hydrogen-bond acceptors (Lipinski definition) is 4. The molecule has 0 bridgehead atoms. The summed E-state index contributed by atoms with van der Waals surface area (Å²) in [7, 11) is 0. The van der Waals surface area contributed by atoms with Crippen LogP contribution in [-0.4, -0.2) is 24.0 Å². The van der Waals surface area contributed by atoms with Crippen molar-refractivity contribution in [1.82, 2.24) is 5.32 Å². The second-order valence-electron chi connectivity index (χ2n) is 8.85. The van der Waals surface area contributed by atoms with E-state index >= 15 is 0 Å². The van der Waals surface area contributed by atoms with Gasteiger partial charge in [0.05, 0.1) is 5.56 Å². The maximum Gasteiger partial charge on any atom is 0.338 e. The van der Waals surface area contributed by atoms with Crippen molar-refractivity contribution in [2.45, 2.75) is 46.1 Å². The highest BCUT2D eigenvalue weighted by Gasteiger charge is 2.33. The van der Waals surface area contributed by atoms with E-state index in [1.165, 1.54) is 24.3 Å². The lowest BCUT2D eigenvalue weighted by molar-refractivity contribution is -0.0174. The van der Waals surface area contributed by atoms with Crippen LogP contribution >= 0.6 is 0 Å². The van der Waals surface area contributed by atoms with Crippen molar-refractivity contribution in [3.63, 3.8) is 0 Å². The zero-order chi connectivity index (χ0) is 24.1. The van der Waals surface area contributed by atoms with Gasteiger partial charge in [-0.15, -0.1) is 0 Å². The number of esters is 1. The molecule has 1 saturated carbocycles. The van der Waals surface area contributed by atoms with Crippen LogP contribution in [0.4, 0.5) is 19.3 Å². The van der Waals surface area contributed by atoms with Crippen molar-refractivity contribution < 1.29 is 27.9 Å². The van der Waals surface area contributed by atoms with Crippen LogP contribution in [0, 0.1) is 29.4 Å². The molecule has 0 radical (unpaired) electrons. The molecule has 2 aromatic rings. The van der Waals surface area contributed by atoms with E-state index in [0.29, 0.717) is 23.3 Å². The topological polar surface area (TPSA) is 84.5 Å². The Labute approximate surface area is 191 Å². The van der Waals surface area contributed by atoms with Gasteiger partial charge in [-0.05, 0) is 67.0 Å². The number of urea groups is 1. The van der Waals surface area contributed by atoms with Gasteiger partial charge in [-0.2, -0.15) is 0 Å².